The van der Waals surface area contributed by atoms with Gasteiger partial charge in [-0.25, -0.2) is 0 Å². The second kappa shape index (κ2) is 4.86. The van der Waals surface area contributed by atoms with Crippen molar-refractivity contribution in [3.05, 3.63) is 42.2 Å². The van der Waals surface area contributed by atoms with Gasteiger partial charge in [-0.1, -0.05) is 42.6 Å². The van der Waals surface area contributed by atoms with Gasteiger partial charge in [0.1, 0.15) is 5.82 Å². The van der Waals surface area contributed by atoms with Crippen molar-refractivity contribution in [1.82, 2.24) is 10.1 Å². The maximum atomic E-state index is 5.78. The largest absolute Gasteiger partial charge is 0.271 e. The van der Waals surface area contributed by atoms with Crippen LogP contribution in [0.2, 0.25) is 0 Å². The van der Waals surface area contributed by atoms with Gasteiger partial charge in [0.2, 0.25) is 0 Å². The lowest BCUT2D eigenvalue weighted by atomic mass is 10.3. The zero-order valence-electron chi connectivity index (χ0n) is 8.01. The number of rotatable bonds is 2. The molecular formula is C9H8Cl2N4S. The third-order valence-electron chi connectivity index (χ3n) is 1.87. The minimum Gasteiger partial charge on any atom is -0.271 e. The zero-order valence-corrected chi connectivity index (χ0v) is 10.4. The molecule has 0 aliphatic carbocycles. The second-order valence-corrected chi connectivity index (χ2v) is 4.08. The van der Waals surface area contributed by atoms with Crippen LogP contribution in [0.3, 0.4) is 0 Å². The van der Waals surface area contributed by atoms with Gasteiger partial charge in [0.15, 0.2) is 5.17 Å². The first-order chi connectivity index (χ1) is 7.66. The van der Waals surface area contributed by atoms with Crippen LogP contribution < -0.4 is 9.73 Å². The molecule has 0 saturated heterocycles. The van der Waals surface area contributed by atoms with Crippen molar-refractivity contribution in [2.45, 2.75) is 0 Å². The predicted octanol–water partition coefficient (Wildman–Crippen LogP) is 2.71. The van der Waals surface area contributed by atoms with Crippen LogP contribution in [0.1, 0.15) is 0 Å². The van der Waals surface area contributed by atoms with Crippen molar-refractivity contribution < 1.29 is 0 Å². The van der Waals surface area contributed by atoms with Crippen LogP contribution in [-0.2, 0) is 0 Å². The SMILES string of the molecule is SN(C1=CC(Cl)=NN(Cl)N1)c1ccccc1. The molecule has 1 aliphatic rings. The van der Waals surface area contributed by atoms with Crippen molar-refractivity contribution in [3.63, 3.8) is 0 Å². The fourth-order valence-electron chi connectivity index (χ4n) is 1.19. The lowest BCUT2D eigenvalue weighted by Gasteiger charge is -2.26. The van der Waals surface area contributed by atoms with Gasteiger partial charge >= 0.3 is 0 Å². The molecule has 1 heterocycles. The lowest BCUT2D eigenvalue weighted by molar-refractivity contribution is 0.393. The van der Waals surface area contributed by atoms with Crippen LogP contribution in [0.5, 0.6) is 0 Å². The van der Waals surface area contributed by atoms with Crippen LogP contribution in [-0.4, -0.2) is 9.81 Å². The standard InChI is InChI=1S/C9H8Cl2N4S/c10-8-6-9(13-15(11)12-8)14(16)7-4-2-1-3-5-7/h1-6,13,16H. The molecule has 4 nitrogen and oxygen atoms in total. The fourth-order valence-corrected chi connectivity index (χ4v) is 1.82. The highest BCUT2D eigenvalue weighted by atomic mass is 35.5. The van der Waals surface area contributed by atoms with Crippen molar-refractivity contribution in [2.75, 3.05) is 4.31 Å². The van der Waals surface area contributed by atoms with E-state index in [1.165, 1.54) is 0 Å². The summed E-state index contributed by atoms with van der Waals surface area (Å²) in [5, 5.41) is 4.02. The first kappa shape index (κ1) is 11.4. The summed E-state index contributed by atoms with van der Waals surface area (Å²) in [4.78, 5) is 0. The topological polar surface area (TPSA) is 30.9 Å². The third-order valence-corrected chi connectivity index (χ3v) is 2.67. The van der Waals surface area contributed by atoms with E-state index >= 15 is 0 Å². The van der Waals surface area contributed by atoms with E-state index in [0.29, 0.717) is 5.82 Å². The van der Waals surface area contributed by atoms with Gasteiger partial charge in [-0.3, -0.25) is 9.73 Å². The van der Waals surface area contributed by atoms with Crippen molar-refractivity contribution >= 4 is 47.1 Å². The summed E-state index contributed by atoms with van der Waals surface area (Å²) < 4.78 is 2.62. The summed E-state index contributed by atoms with van der Waals surface area (Å²) in [5.41, 5.74) is 3.67. The van der Waals surface area contributed by atoms with E-state index in [9.17, 15) is 0 Å². The molecule has 1 aromatic rings. The highest BCUT2D eigenvalue weighted by molar-refractivity contribution is 7.82. The molecule has 1 N–H and O–H groups in total. The average Bonchev–Trinajstić information content (AvgIpc) is 2.28. The highest BCUT2D eigenvalue weighted by Gasteiger charge is 2.15. The monoisotopic (exact) mass is 274 g/mol. The van der Waals surface area contributed by atoms with E-state index in [4.69, 9.17) is 23.4 Å². The number of nitrogens with one attached hydrogen (secondary N) is 1. The Morgan fingerprint density at radius 1 is 1.31 bits per heavy atom. The van der Waals surface area contributed by atoms with Crippen LogP contribution in [0, 0.1) is 0 Å². The van der Waals surface area contributed by atoms with Crippen LogP contribution in [0.15, 0.2) is 47.3 Å². The Bertz CT molecular complexity index is 434. The number of anilines is 1. The van der Waals surface area contributed by atoms with Crippen molar-refractivity contribution in [2.24, 2.45) is 5.10 Å². The molecule has 84 valence electrons. The number of halogens is 2. The molecule has 0 unspecified atom stereocenters. The Morgan fingerprint density at radius 3 is 2.62 bits per heavy atom. The first-order valence-corrected chi connectivity index (χ1v) is 5.51. The molecule has 0 bridgehead atoms. The lowest BCUT2D eigenvalue weighted by Crippen LogP contribution is -2.35. The van der Waals surface area contributed by atoms with E-state index in [1.54, 1.807) is 10.4 Å². The van der Waals surface area contributed by atoms with Gasteiger partial charge < -0.3 is 0 Å². The van der Waals surface area contributed by atoms with Gasteiger partial charge in [-0.05, 0) is 12.1 Å². The number of benzene rings is 1. The number of hydrazone groups is 1. The van der Waals surface area contributed by atoms with E-state index in [1.807, 2.05) is 30.3 Å². The summed E-state index contributed by atoms with van der Waals surface area (Å²) in [5.74, 6) is 0.615. The van der Waals surface area contributed by atoms with E-state index in [0.717, 1.165) is 10.3 Å². The summed E-state index contributed by atoms with van der Waals surface area (Å²) in [6.07, 6.45) is 1.63. The zero-order chi connectivity index (χ0) is 11.5. The smallest absolute Gasteiger partial charge is 0.156 e. The molecule has 0 fully saturated rings. The summed E-state index contributed by atoms with van der Waals surface area (Å²) >= 11 is 15.8. The Balaban J connectivity index is 2.23. The summed E-state index contributed by atoms with van der Waals surface area (Å²) in [6, 6.07) is 9.57. The maximum Gasteiger partial charge on any atom is 0.156 e. The number of allylic oxidation sites excluding steroid dienone is 1. The van der Waals surface area contributed by atoms with Gasteiger partial charge in [0, 0.05) is 6.08 Å². The maximum absolute atomic E-state index is 5.78. The summed E-state index contributed by atoms with van der Waals surface area (Å²) in [7, 11) is 0. The quantitative estimate of drug-likeness (QED) is 0.642. The normalized spacial score (nSPS) is 15.1. The third kappa shape index (κ3) is 2.55. The highest BCUT2D eigenvalue weighted by Crippen LogP contribution is 2.21. The Hall–Kier alpha value is -1.04. The number of hydrogen-bond acceptors (Lipinski definition) is 5. The molecule has 0 spiro atoms. The first-order valence-electron chi connectivity index (χ1n) is 4.39. The second-order valence-electron chi connectivity index (χ2n) is 2.97. The molecular weight excluding hydrogens is 267 g/mol. The van der Waals surface area contributed by atoms with Gasteiger partial charge in [0.05, 0.1) is 17.5 Å². The minimum atomic E-state index is 0.277. The molecule has 16 heavy (non-hydrogen) atoms. The molecule has 0 atom stereocenters. The molecule has 0 radical (unpaired) electrons. The van der Waals surface area contributed by atoms with Crippen molar-refractivity contribution in [1.29, 1.82) is 0 Å². The predicted molar refractivity (Wildman–Crippen MR) is 70.1 cm³/mol. The Labute approximate surface area is 109 Å². The number of hydrogen-bond donors (Lipinski definition) is 2. The Kier molecular flexibility index (Phi) is 3.48. The minimum absolute atomic E-state index is 0.277. The van der Waals surface area contributed by atoms with E-state index in [2.05, 4.69) is 23.3 Å². The molecule has 0 aromatic heterocycles. The number of thiol groups is 1. The van der Waals surface area contributed by atoms with E-state index < -0.39 is 0 Å². The van der Waals surface area contributed by atoms with Gasteiger partial charge in [-0.2, -0.15) is 0 Å². The number of hydrazine groups is 1. The van der Waals surface area contributed by atoms with E-state index in [-0.39, 0.29) is 5.17 Å². The van der Waals surface area contributed by atoms with Gasteiger partial charge in [0.25, 0.3) is 0 Å². The molecule has 1 aromatic carbocycles. The number of nitrogens with zero attached hydrogens (tertiary/aromatic N) is 3. The average molecular weight is 275 g/mol. The van der Waals surface area contributed by atoms with Crippen LogP contribution in [0.25, 0.3) is 0 Å². The summed E-state index contributed by atoms with van der Waals surface area (Å²) in [6.45, 7) is 0. The van der Waals surface area contributed by atoms with Gasteiger partial charge in [-0.15, -0.1) is 9.74 Å². The fraction of sp³-hybridized carbons (Fsp3) is 0. The Morgan fingerprint density at radius 2 is 2.00 bits per heavy atom. The molecule has 0 amide bonds. The number of para-hydroxylation sites is 1. The van der Waals surface area contributed by atoms with Crippen molar-refractivity contribution in [3.8, 4) is 0 Å². The molecule has 2 rings (SSSR count). The van der Waals surface area contributed by atoms with Crippen LogP contribution >= 0.6 is 36.2 Å². The molecule has 0 saturated carbocycles. The molecule has 1 aliphatic heterocycles. The molecule has 7 heteroatoms. The van der Waals surface area contributed by atoms with Crippen LogP contribution in [0.4, 0.5) is 5.69 Å².